The zero-order valence-electron chi connectivity index (χ0n) is 18.6. The van der Waals surface area contributed by atoms with Crippen LogP contribution >= 0.6 is 0 Å². The average Bonchev–Trinajstić information content (AvgIpc) is 3.63. The third-order valence-electron chi connectivity index (χ3n) is 7.43. The summed E-state index contributed by atoms with van der Waals surface area (Å²) in [6, 6.07) is 7.84. The Morgan fingerprint density at radius 3 is 2.84 bits per heavy atom. The highest BCUT2D eigenvalue weighted by atomic mass is 16.2. The normalized spacial score (nSPS) is 23.2. The third kappa shape index (κ3) is 3.33. The highest BCUT2D eigenvalue weighted by Crippen LogP contribution is 2.43. The molecule has 0 aromatic carbocycles. The number of carbonyl (C=O) groups is 1. The molecule has 1 spiro atoms. The van der Waals surface area contributed by atoms with Crippen molar-refractivity contribution in [1.29, 1.82) is 0 Å². The van der Waals surface area contributed by atoms with Crippen LogP contribution in [-0.2, 0) is 0 Å². The minimum absolute atomic E-state index is 0.136. The van der Waals surface area contributed by atoms with E-state index in [1.165, 1.54) is 12.8 Å². The van der Waals surface area contributed by atoms with Crippen LogP contribution in [0.1, 0.15) is 72.6 Å². The molecule has 1 unspecified atom stereocenters. The minimum atomic E-state index is 0.136. The molecule has 0 radical (unpaired) electrons. The van der Waals surface area contributed by atoms with Gasteiger partial charge in [0.05, 0.1) is 16.6 Å². The van der Waals surface area contributed by atoms with E-state index < -0.39 is 0 Å². The molecule has 0 bridgehead atoms. The van der Waals surface area contributed by atoms with Crippen molar-refractivity contribution in [2.45, 2.75) is 57.8 Å². The van der Waals surface area contributed by atoms with E-state index in [0.717, 1.165) is 79.0 Å². The number of piperidine rings is 1. The Bertz CT molecular complexity index is 1210. The van der Waals surface area contributed by atoms with E-state index >= 15 is 0 Å². The van der Waals surface area contributed by atoms with Crippen molar-refractivity contribution < 1.29 is 4.79 Å². The second-order valence-corrected chi connectivity index (χ2v) is 9.80. The number of pyridine rings is 2. The van der Waals surface area contributed by atoms with Gasteiger partial charge >= 0.3 is 0 Å². The van der Waals surface area contributed by atoms with Crippen LogP contribution in [0, 0.1) is 12.3 Å². The van der Waals surface area contributed by atoms with E-state index in [1.807, 2.05) is 25.1 Å². The summed E-state index contributed by atoms with van der Waals surface area (Å²) in [4.78, 5) is 25.5. The molecule has 1 aliphatic heterocycles. The van der Waals surface area contributed by atoms with E-state index in [4.69, 9.17) is 10.1 Å². The minimum Gasteiger partial charge on any atom is -0.338 e. The van der Waals surface area contributed by atoms with Crippen molar-refractivity contribution in [3.05, 3.63) is 59.6 Å². The number of likely N-dealkylation sites (tertiary alicyclic amines) is 1. The van der Waals surface area contributed by atoms with Crippen LogP contribution in [0.2, 0.25) is 0 Å². The Balaban J connectivity index is 1.45. The molecule has 6 nitrogen and oxygen atoms in total. The molecular weight excluding hydrogens is 398 g/mol. The van der Waals surface area contributed by atoms with E-state index in [-0.39, 0.29) is 11.3 Å². The molecule has 2 aliphatic carbocycles. The van der Waals surface area contributed by atoms with Crippen molar-refractivity contribution in [3.8, 4) is 5.82 Å². The molecule has 3 aromatic heterocycles. The molecule has 32 heavy (non-hydrogen) atoms. The first-order valence-corrected chi connectivity index (χ1v) is 11.9. The topological polar surface area (TPSA) is 63.9 Å². The number of rotatable bonds is 3. The van der Waals surface area contributed by atoms with E-state index in [9.17, 15) is 4.79 Å². The number of aryl methyl sites for hydroxylation is 1. The maximum atomic E-state index is 14.0. The molecule has 164 valence electrons. The van der Waals surface area contributed by atoms with Crippen molar-refractivity contribution in [1.82, 2.24) is 24.6 Å². The van der Waals surface area contributed by atoms with Crippen LogP contribution < -0.4 is 0 Å². The summed E-state index contributed by atoms with van der Waals surface area (Å²) in [5.74, 6) is 1.32. The van der Waals surface area contributed by atoms with Crippen LogP contribution in [0.25, 0.3) is 16.9 Å². The molecule has 6 rings (SSSR count). The Kier molecular flexibility index (Phi) is 4.63. The smallest absolute Gasteiger partial charge is 0.254 e. The predicted molar refractivity (Wildman–Crippen MR) is 124 cm³/mol. The zero-order valence-corrected chi connectivity index (χ0v) is 18.6. The quantitative estimate of drug-likeness (QED) is 0.554. The first-order valence-electron chi connectivity index (χ1n) is 11.9. The molecule has 4 heterocycles. The van der Waals surface area contributed by atoms with Crippen LogP contribution in [0.5, 0.6) is 0 Å². The molecule has 1 atom stereocenters. The summed E-state index contributed by atoms with van der Waals surface area (Å²) < 4.78 is 1.80. The standard InChI is InChI=1S/C26H29N5O/c1-18-23-20(25(32)30-15-7-13-26(17-30)11-4-2-5-12-26)16-21(19-9-10-19)28-24(23)31(29-18)22-8-3-6-14-27-22/h2-4,6,8,14,16,19H,5,7,9-13,15,17H2,1H3. The number of hydrogen-bond donors (Lipinski definition) is 0. The lowest BCUT2D eigenvalue weighted by atomic mass is 9.71. The zero-order chi connectivity index (χ0) is 21.7. The van der Waals surface area contributed by atoms with Crippen LogP contribution in [0.4, 0.5) is 0 Å². The van der Waals surface area contributed by atoms with Gasteiger partial charge < -0.3 is 4.90 Å². The summed E-state index contributed by atoms with van der Waals surface area (Å²) in [6.45, 7) is 3.66. The summed E-state index contributed by atoms with van der Waals surface area (Å²) >= 11 is 0. The van der Waals surface area contributed by atoms with Crippen molar-refractivity contribution in [3.63, 3.8) is 0 Å². The van der Waals surface area contributed by atoms with Gasteiger partial charge in [-0.2, -0.15) is 9.78 Å². The highest BCUT2D eigenvalue weighted by molar-refractivity contribution is 6.07. The fraction of sp³-hybridized carbons (Fsp3) is 0.462. The molecule has 2 fully saturated rings. The molecule has 6 heteroatoms. The van der Waals surface area contributed by atoms with Gasteiger partial charge in [0.25, 0.3) is 5.91 Å². The Morgan fingerprint density at radius 1 is 1.19 bits per heavy atom. The number of carbonyl (C=O) groups excluding carboxylic acids is 1. The Morgan fingerprint density at radius 2 is 2.09 bits per heavy atom. The Labute approximate surface area is 188 Å². The SMILES string of the molecule is Cc1nn(-c2ccccn2)c2nc(C3CC3)cc(C(=O)N3CCCC4(CC=CCC4)C3)c12. The van der Waals surface area contributed by atoms with Gasteiger partial charge in [0.1, 0.15) is 0 Å². The molecule has 1 amide bonds. The second-order valence-electron chi connectivity index (χ2n) is 9.80. The van der Waals surface area contributed by atoms with Gasteiger partial charge in [-0.1, -0.05) is 18.2 Å². The largest absolute Gasteiger partial charge is 0.338 e. The van der Waals surface area contributed by atoms with Gasteiger partial charge in [0.2, 0.25) is 0 Å². The fourth-order valence-electron chi connectivity index (χ4n) is 5.57. The lowest BCUT2D eigenvalue weighted by Gasteiger charge is -2.44. The van der Waals surface area contributed by atoms with Gasteiger partial charge in [-0.3, -0.25) is 4.79 Å². The van der Waals surface area contributed by atoms with Gasteiger partial charge in [-0.15, -0.1) is 0 Å². The number of aromatic nitrogens is 4. The molecule has 3 aliphatic rings. The summed E-state index contributed by atoms with van der Waals surface area (Å²) in [6.07, 6.45) is 14.3. The second kappa shape index (κ2) is 7.54. The monoisotopic (exact) mass is 427 g/mol. The highest BCUT2D eigenvalue weighted by Gasteiger charge is 2.38. The summed E-state index contributed by atoms with van der Waals surface area (Å²) in [5, 5.41) is 5.63. The molecule has 3 aromatic rings. The van der Waals surface area contributed by atoms with Crippen molar-refractivity contribution >= 4 is 16.9 Å². The summed E-state index contributed by atoms with van der Waals surface area (Å²) in [5.41, 5.74) is 3.61. The number of allylic oxidation sites excluding steroid dienone is 2. The average molecular weight is 428 g/mol. The van der Waals surface area contributed by atoms with Gasteiger partial charge in [-0.05, 0) is 75.5 Å². The molecule has 0 N–H and O–H groups in total. The number of hydrogen-bond acceptors (Lipinski definition) is 4. The molecule has 1 saturated heterocycles. The van der Waals surface area contributed by atoms with E-state index in [2.05, 4.69) is 28.1 Å². The van der Waals surface area contributed by atoms with Crippen LogP contribution in [-0.4, -0.2) is 43.6 Å². The van der Waals surface area contributed by atoms with Crippen LogP contribution in [0.3, 0.4) is 0 Å². The lowest BCUT2D eigenvalue weighted by Crippen LogP contribution is -2.46. The Hall–Kier alpha value is -3.02. The van der Waals surface area contributed by atoms with Crippen LogP contribution in [0.15, 0.2) is 42.6 Å². The van der Waals surface area contributed by atoms with Gasteiger partial charge in [-0.25, -0.2) is 9.97 Å². The maximum Gasteiger partial charge on any atom is 0.254 e. The molecular formula is C26H29N5O. The van der Waals surface area contributed by atoms with Gasteiger partial charge in [0, 0.05) is 30.9 Å². The number of fused-ring (bicyclic) bond motifs is 1. The van der Waals surface area contributed by atoms with Crippen molar-refractivity contribution in [2.75, 3.05) is 13.1 Å². The molecule has 1 saturated carbocycles. The number of amides is 1. The maximum absolute atomic E-state index is 14.0. The number of nitrogens with zero attached hydrogens (tertiary/aromatic N) is 5. The first-order chi connectivity index (χ1) is 15.6. The first kappa shape index (κ1) is 19.6. The van der Waals surface area contributed by atoms with Gasteiger partial charge in [0.15, 0.2) is 11.5 Å². The van der Waals surface area contributed by atoms with Crippen molar-refractivity contribution in [2.24, 2.45) is 5.41 Å². The fourth-order valence-corrected chi connectivity index (χ4v) is 5.57. The predicted octanol–water partition coefficient (Wildman–Crippen LogP) is 4.96. The van der Waals surface area contributed by atoms with E-state index in [1.54, 1.807) is 10.9 Å². The lowest BCUT2D eigenvalue weighted by molar-refractivity contribution is 0.0486. The summed E-state index contributed by atoms with van der Waals surface area (Å²) in [7, 11) is 0. The van der Waals surface area contributed by atoms with E-state index in [0.29, 0.717) is 5.92 Å². The third-order valence-corrected chi connectivity index (χ3v) is 7.43.